The molecular formula is C25H26N4O4. The van der Waals surface area contributed by atoms with Crippen molar-refractivity contribution in [3.8, 4) is 5.88 Å². The summed E-state index contributed by atoms with van der Waals surface area (Å²) in [7, 11) is 1.62. The number of aromatic nitrogens is 3. The molecule has 6 rings (SSSR count). The van der Waals surface area contributed by atoms with E-state index in [-0.39, 0.29) is 24.3 Å². The molecule has 8 heteroatoms. The molecule has 33 heavy (non-hydrogen) atoms. The van der Waals surface area contributed by atoms with Gasteiger partial charge in [-0.2, -0.15) is 0 Å². The first-order chi connectivity index (χ1) is 16.1. The lowest BCUT2D eigenvalue weighted by molar-refractivity contribution is -0.177. The quantitative estimate of drug-likeness (QED) is 0.593. The number of fused-ring (bicyclic) bond motifs is 2. The van der Waals surface area contributed by atoms with Crippen molar-refractivity contribution in [2.24, 2.45) is 0 Å². The molecule has 1 spiro atoms. The normalized spacial score (nSPS) is 28.4. The van der Waals surface area contributed by atoms with Crippen LogP contribution in [-0.4, -0.2) is 50.8 Å². The zero-order valence-corrected chi connectivity index (χ0v) is 18.7. The van der Waals surface area contributed by atoms with E-state index in [1.54, 1.807) is 25.7 Å². The highest BCUT2D eigenvalue weighted by Crippen LogP contribution is 2.51. The van der Waals surface area contributed by atoms with E-state index in [2.05, 4.69) is 27.1 Å². The van der Waals surface area contributed by atoms with Gasteiger partial charge in [0, 0.05) is 36.7 Å². The monoisotopic (exact) mass is 446 g/mol. The van der Waals surface area contributed by atoms with Gasteiger partial charge in [-0.15, -0.1) is 0 Å². The van der Waals surface area contributed by atoms with Crippen molar-refractivity contribution in [3.63, 3.8) is 0 Å². The first kappa shape index (κ1) is 20.5. The largest absolute Gasteiger partial charge is 0.481 e. The van der Waals surface area contributed by atoms with Gasteiger partial charge in [0.25, 0.3) is 5.91 Å². The molecule has 3 aliphatic rings. The number of hydrogen-bond donors (Lipinski definition) is 0. The molecule has 0 bridgehead atoms. The maximum Gasteiger partial charge on any atom is 0.257 e. The molecule has 2 atom stereocenters. The van der Waals surface area contributed by atoms with Gasteiger partial charge in [0.2, 0.25) is 5.88 Å². The summed E-state index contributed by atoms with van der Waals surface area (Å²) in [6.07, 6.45) is 7.78. The Morgan fingerprint density at radius 3 is 2.88 bits per heavy atom. The predicted molar refractivity (Wildman–Crippen MR) is 119 cm³/mol. The Morgan fingerprint density at radius 1 is 1.21 bits per heavy atom. The SMILES string of the molecule is COc1ccc2cc(COC3CC4(C3)OC3CC[C@@H](c5cnccn5)N3C4=O)cc(C)c2n1. The van der Waals surface area contributed by atoms with E-state index < -0.39 is 5.60 Å². The third kappa shape index (κ3) is 3.36. The highest BCUT2D eigenvalue weighted by Gasteiger charge is 2.63. The summed E-state index contributed by atoms with van der Waals surface area (Å²) in [4.78, 5) is 28.3. The lowest BCUT2D eigenvalue weighted by atomic mass is 9.76. The van der Waals surface area contributed by atoms with Gasteiger partial charge in [-0.3, -0.25) is 14.8 Å². The van der Waals surface area contributed by atoms with E-state index in [4.69, 9.17) is 14.2 Å². The van der Waals surface area contributed by atoms with Gasteiger partial charge in [-0.1, -0.05) is 6.07 Å². The van der Waals surface area contributed by atoms with E-state index in [1.807, 2.05) is 24.0 Å². The number of methoxy groups -OCH3 is 1. The molecule has 1 aliphatic carbocycles. The number of ether oxygens (including phenoxy) is 3. The molecule has 2 aromatic heterocycles. The number of carbonyl (C=O) groups excluding carboxylic acids is 1. The number of carbonyl (C=O) groups is 1. The number of benzene rings is 1. The third-order valence-corrected chi connectivity index (χ3v) is 7.07. The Labute approximate surface area is 191 Å². The highest BCUT2D eigenvalue weighted by molar-refractivity contribution is 5.89. The fourth-order valence-corrected chi connectivity index (χ4v) is 5.43. The van der Waals surface area contributed by atoms with Gasteiger partial charge < -0.3 is 19.1 Å². The van der Waals surface area contributed by atoms with Crippen molar-refractivity contribution >= 4 is 16.8 Å². The number of pyridine rings is 1. The Bertz CT molecular complexity index is 1210. The average molecular weight is 447 g/mol. The topological polar surface area (TPSA) is 86.7 Å². The van der Waals surface area contributed by atoms with Gasteiger partial charge >= 0.3 is 0 Å². The average Bonchev–Trinajstić information content (AvgIpc) is 3.35. The van der Waals surface area contributed by atoms with Crippen LogP contribution in [0.5, 0.6) is 5.88 Å². The molecule has 0 radical (unpaired) electrons. The van der Waals surface area contributed by atoms with Crippen LogP contribution in [0.2, 0.25) is 0 Å². The van der Waals surface area contributed by atoms with Crippen LogP contribution in [0.25, 0.3) is 10.9 Å². The van der Waals surface area contributed by atoms with E-state index in [0.717, 1.165) is 40.6 Å². The van der Waals surface area contributed by atoms with E-state index in [1.165, 1.54) is 0 Å². The van der Waals surface area contributed by atoms with Crippen LogP contribution in [-0.2, 0) is 20.9 Å². The second-order valence-corrected chi connectivity index (χ2v) is 9.18. The molecule has 3 fully saturated rings. The van der Waals surface area contributed by atoms with E-state index in [0.29, 0.717) is 25.3 Å². The zero-order valence-electron chi connectivity index (χ0n) is 18.7. The fraction of sp³-hybridized carbons (Fsp3) is 0.440. The summed E-state index contributed by atoms with van der Waals surface area (Å²) in [5.41, 5.74) is 3.20. The molecule has 1 aromatic carbocycles. The number of rotatable bonds is 5. The summed E-state index contributed by atoms with van der Waals surface area (Å²) in [5, 5.41) is 1.06. The van der Waals surface area contributed by atoms with Crippen molar-refractivity contribution in [1.82, 2.24) is 19.9 Å². The predicted octanol–water partition coefficient (Wildman–Crippen LogP) is 3.48. The van der Waals surface area contributed by atoms with Crippen LogP contribution in [0, 0.1) is 6.92 Å². The molecule has 0 N–H and O–H groups in total. The standard InChI is InChI=1S/C25H26N4O4/c1-15-9-16(10-17-3-5-21(31-2)28-23(15)17)14-32-18-11-25(12-18)24(30)29-20(4-6-22(29)33-25)19-13-26-7-8-27-19/h3,5,7-10,13,18,20,22H,4,6,11-12,14H2,1-2H3/t18?,20-,22?,25?/m0/s1. The first-order valence-corrected chi connectivity index (χ1v) is 11.4. The smallest absolute Gasteiger partial charge is 0.257 e. The highest BCUT2D eigenvalue weighted by atomic mass is 16.6. The maximum absolute atomic E-state index is 13.3. The van der Waals surface area contributed by atoms with Crippen LogP contribution in [0.3, 0.4) is 0 Å². The molecule has 1 unspecified atom stereocenters. The zero-order chi connectivity index (χ0) is 22.6. The Morgan fingerprint density at radius 2 is 2.09 bits per heavy atom. The molecule has 4 heterocycles. The Hall–Kier alpha value is -3.10. The minimum absolute atomic E-state index is 0.00828. The molecule has 1 saturated carbocycles. The summed E-state index contributed by atoms with van der Waals surface area (Å²) in [6, 6.07) is 8.03. The van der Waals surface area contributed by atoms with Crippen LogP contribution < -0.4 is 4.74 Å². The van der Waals surface area contributed by atoms with Gasteiger partial charge in [0.05, 0.1) is 43.3 Å². The number of amides is 1. The minimum Gasteiger partial charge on any atom is -0.481 e. The van der Waals surface area contributed by atoms with Crippen molar-refractivity contribution in [2.75, 3.05) is 7.11 Å². The van der Waals surface area contributed by atoms with Gasteiger partial charge in [-0.05, 0) is 43.0 Å². The summed E-state index contributed by atoms with van der Waals surface area (Å²) < 4.78 is 17.7. The van der Waals surface area contributed by atoms with Gasteiger partial charge in [0.1, 0.15) is 6.23 Å². The lowest BCUT2D eigenvalue weighted by Crippen LogP contribution is -2.54. The van der Waals surface area contributed by atoms with Crippen LogP contribution in [0.15, 0.2) is 42.9 Å². The maximum atomic E-state index is 13.3. The van der Waals surface area contributed by atoms with Crippen molar-refractivity contribution in [3.05, 3.63) is 59.7 Å². The molecule has 2 saturated heterocycles. The molecule has 3 aromatic rings. The van der Waals surface area contributed by atoms with Crippen molar-refractivity contribution in [1.29, 1.82) is 0 Å². The second-order valence-electron chi connectivity index (χ2n) is 9.18. The lowest BCUT2D eigenvalue weighted by Gasteiger charge is -2.42. The molecule has 8 nitrogen and oxygen atoms in total. The molecule has 170 valence electrons. The number of nitrogens with zero attached hydrogens (tertiary/aromatic N) is 4. The summed E-state index contributed by atoms with van der Waals surface area (Å²) >= 11 is 0. The summed E-state index contributed by atoms with van der Waals surface area (Å²) in [5.74, 6) is 0.680. The van der Waals surface area contributed by atoms with Crippen molar-refractivity contribution < 1.29 is 19.0 Å². The molecule has 1 amide bonds. The third-order valence-electron chi connectivity index (χ3n) is 7.07. The van der Waals surface area contributed by atoms with Gasteiger partial charge in [0.15, 0.2) is 5.60 Å². The number of aryl methyl sites for hydroxylation is 1. The van der Waals surface area contributed by atoms with Gasteiger partial charge in [-0.25, -0.2) is 4.98 Å². The van der Waals surface area contributed by atoms with E-state index >= 15 is 0 Å². The van der Waals surface area contributed by atoms with Crippen LogP contribution in [0.1, 0.15) is 48.5 Å². The van der Waals surface area contributed by atoms with Crippen molar-refractivity contribution in [2.45, 2.75) is 63.2 Å². The Balaban J connectivity index is 1.10. The van der Waals surface area contributed by atoms with Crippen LogP contribution in [0.4, 0.5) is 0 Å². The summed E-state index contributed by atoms with van der Waals surface area (Å²) in [6.45, 7) is 2.54. The van der Waals surface area contributed by atoms with E-state index in [9.17, 15) is 4.79 Å². The number of hydrogen-bond acceptors (Lipinski definition) is 7. The molecular weight excluding hydrogens is 420 g/mol. The van der Waals surface area contributed by atoms with Crippen LogP contribution >= 0.6 is 0 Å². The fourth-order valence-electron chi connectivity index (χ4n) is 5.43. The minimum atomic E-state index is -0.740. The Kier molecular flexibility index (Phi) is 4.81. The second kappa shape index (κ2) is 7.74. The molecule has 2 aliphatic heterocycles. The first-order valence-electron chi connectivity index (χ1n) is 11.4.